The molecule has 0 spiro atoms. The van der Waals surface area contributed by atoms with Gasteiger partial charge >= 0.3 is 0 Å². The molecule has 0 N–H and O–H groups in total. The average Bonchev–Trinajstić information content (AvgIpc) is 2.44. The van der Waals surface area contributed by atoms with E-state index in [9.17, 15) is 0 Å². The number of aryl methyl sites for hydroxylation is 1. The number of para-hydroxylation sites is 1. The molecular formula is C17H20O2. The second-order valence-electron chi connectivity index (χ2n) is 4.56. The summed E-state index contributed by atoms with van der Waals surface area (Å²) in [5.74, 6) is 1.88. The lowest BCUT2D eigenvalue weighted by atomic mass is 10.1. The maximum Gasteiger partial charge on any atom is 0.122 e. The molecule has 0 aliphatic carbocycles. The fourth-order valence-corrected chi connectivity index (χ4v) is 1.83. The second-order valence-corrected chi connectivity index (χ2v) is 4.56. The van der Waals surface area contributed by atoms with E-state index >= 15 is 0 Å². The Morgan fingerprint density at radius 2 is 1.53 bits per heavy atom. The highest BCUT2D eigenvalue weighted by Crippen LogP contribution is 2.20. The number of hydrogen-bond acceptors (Lipinski definition) is 2. The van der Waals surface area contributed by atoms with Crippen LogP contribution in [0.2, 0.25) is 0 Å². The molecule has 0 radical (unpaired) electrons. The monoisotopic (exact) mass is 256 g/mol. The first-order valence-corrected chi connectivity index (χ1v) is 6.64. The molecule has 2 nitrogen and oxygen atoms in total. The first-order chi connectivity index (χ1) is 9.27. The minimum absolute atomic E-state index is 0.675. The van der Waals surface area contributed by atoms with Gasteiger partial charge in [0.05, 0.1) is 13.2 Å². The first kappa shape index (κ1) is 13.5. The normalized spacial score (nSPS) is 10.2. The summed E-state index contributed by atoms with van der Waals surface area (Å²) in [5, 5.41) is 0. The second kappa shape index (κ2) is 6.83. The van der Waals surface area contributed by atoms with Crippen LogP contribution in [0.1, 0.15) is 17.5 Å². The molecule has 0 atom stereocenters. The summed E-state index contributed by atoms with van der Waals surface area (Å²) < 4.78 is 11.4. The zero-order valence-electron chi connectivity index (χ0n) is 11.6. The minimum Gasteiger partial charge on any atom is -0.493 e. The van der Waals surface area contributed by atoms with Crippen LogP contribution in [0.3, 0.4) is 0 Å². The molecule has 0 fully saturated rings. The Balaban J connectivity index is 1.71. The van der Waals surface area contributed by atoms with Gasteiger partial charge in [-0.3, -0.25) is 0 Å². The molecule has 2 heteroatoms. The van der Waals surface area contributed by atoms with Gasteiger partial charge in [-0.1, -0.05) is 30.3 Å². The first-order valence-electron chi connectivity index (χ1n) is 6.64. The van der Waals surface area contributed by atoms with Crippen molar-refractivity contribution in [2.75, 3.05) is 13.2 Å². The molecule has 0 heterocycles. The van der Waals surface area contributed by atoms with E-state index < -0.39 is 0 Å². The summed E-state index contributed by atoms with van der Waals surface area (Å²) in [6.45, 7) is 5.54. The minimum atomic E-state index is 0.675. The average molecular weight is 256 g/mol. The van der Waals surface area contributed by atoms with Crippen molar-refractivity contribution in [3.05, 3.63) is 59.7 Å². The fourth-order valence-electron chi connectivity index (χ4n) is 1.83. The van der Waals surface area contributed by atoms with Crippen LogP contribution in [-0.4, -0.2) is 13.2 Å². The van der Waals surface area contributed by atoms with E-state index in [1.807, 2.05) is 42.5 Å². The Morgan fingerprint density at radius 3 is 2.32 bits per heavy atom. The van der Waals surface area contributed by atoms with Gasteiger partial charge in [0, 0.05) is 6.42 Å². The van der Waals surface area contributed by atoms with Crippen LogP contribution < -0.4 is 9.47 Å². The molecule has 0 saturated heterocycles. The summed E-state index contributed by atoms with van der Waals surface area (Å²) in [4.78, 5) is 0. The van der Waals surface area contributed by atoms with Crippen LogP contribution in [-0.2, 0) is 0 Å². The van der Waals surface area contributed by atoms with Crippen molar-refractivity contribution in [1.29, 1.82) is 0 Å². The molecule has 2 rings (SSSR count). The maximum absolute atomic E-state index is 5.78. The Bertz CT molecular complexity index is 506. The van der Waals surface area contributed by atoms with Crippen LogP contribution in [0.4, 0.5) is 0 Å². The summed E-state index contributed by atoms with van der Waals surface area (Å²) in [5.41, 5.74) is 2.48. The van der Waals surface area contributed by atoms with Crippen molar-refractivity contribution in [3.63, 3.8) is 0 Å². The number of ether oxygens (including phenoxy) is 2. The third kappa shape index (κ3) is 4.02. The zero-order chi connectivity index (χ0) is 13.5. The third-order valence-corrected chi connectivity index (χ3v) is 3.11. The summed E-state index contributed by atoms with van der Waals surface area (Å²) >= 11 is 0. The van der Waals surface area contributed by atoms with E-state index in [1.165, 1.54) is 11.1 Å². The van der Waals surface area contributed by atoms with Crippen molar-refractivity contribution in [2.45, 2.75) is 20.3 Å². The van der Waals surface area contributed by atoms with Crippen LogP contribution in [0.25, 0.3) is 0 Å². The smallest absolute Gasteiger partial charge is 0.122 e. The fraction of sp³-hybridized carbons (Fsp3) is 0.294. The van der Waals surface area contributed by atoms with Gasteiger partial charge in [-0.15, -0.1) is 0 Å². The third-order valence-electron chi connectivity index (χ3n) is 3.11. The van der Waals surface area contributed by atoms with E-state index in [1.54, 1.807) is 0 Å². The number of benzene rings is 2. The Labute approximate surface area is 115 Å². The Hall–Kier alpha value is -1.96. The molecule has 2 aromatic rings. The Kier molecular flexibility index (Phi) is 4.85. The SMILES string of the molecule is Cc1cccc(OCCCOc2ccccc2)c1C. The topological polar surface area (TPSA) is 18.5 Å². The predicted molar refractivity (Wildman–Crippen MR) is 78.0 cm³/mol. The zero-order valence-corrected chi connectivity index (χ0v) is 11.6. The predicted octanol–water partition coefficient (Wildman–Crippen LogP) is 4.15. The molecule has 19 heavy (non-hydrogen) atoms. The number of hydrogen-bond donors (Lipinski definition) is 0. The van der Waals surface area contributed by atoms with E-state index in [0.717, 1.165) is 17.9 Å². The number of rotatable bonds is 6. The molecule has 0 saturated carbocycles. The van der Waals surface area contributed by atoms with Gasteiger partial charge in [-0.2, -0.15) is 0 Å². The van der Waals surface area contributed by atoms with E-state index in [4.69, 9.17) is 9.47 Å². The van der Waals surface area contributed by atoms with Crippen molar-refractivity contribution in [2.24, 2.45) is 0 Å². The van der Waals surface area contributed by atoms with Gasteiger partial charge in [0.15, 0.2) is 0 Å². The summed E-state index contributed by atoms with van der Waals surface area (Å²) in [6.07, 6.45) is 0.877. The maximum atomic E-state index is 5.78. The largest absolute Gasteiger partial charge is 0.493 e. The lowest BCUT2D eigenvalue weighted by molar-refractivity contribution is 0.246. The molecule has 0 aliphatic heterocycles. The lowest BCUT2D eigenvalue weighted by Gasteiger charge is -2.11. The van der Waals surface area contributed by atoms with Crippen LogP contribution >= 0.6 is 0 Å². The molecule has 0 aromatic heterocycles. The van der Waals surface area contributed by atoms with E-state index in [-0.39, 0.29) is 0 Å². The van der Waals surface area contributed by atoms with Crippen molar-refractivity contribution in [1.82, 2.24) is 0 Å². The molecule has 0 unspecified atom stereocenters. The molecule has 0 aliphatic rings. The molecular weight excluding hydrogens is 236 g/mol. The van der Waals surface area contributed by atoms with Crippen LogP contribution in [0, 0.1) is 13.8 Å². The summed E-state index contributed by atoms with van der Waals surface area (Å²) in [7, 11) is 0. The van der Waals surface area contributed by atoms with Gasteiger partial charge in [-0.25, -0.2) is 0 Å². The van der Waals surface area contributed by atoms with Crippen molar-refractivity contribution >= 4 is 0 Å². The van der Waals surface area contributed by atoms with E-state index in [2.05, 4.69) is 19.9 Å². The van der Waals surface area contributed by atoms with Crippen molar-refractivity contribution in [3.8, 4) is 11.5 Å². The van der Waals surface area contributed by atoms with Gasteiger partial charge < -0.3 is 9.47 Å². The molecule has 2 aromatic carbocycles. The van der Waals surface area contributed by atoms with Gasteiger partial charge in [0.2, 0.25) is 0 Å². The highest BCUT2D eigenvalue weighted by molar-refractivity contribution is 5.38. The van der Waals surface area contributed by atoms with Gasteiger partial charge in [0.1, 0.15) is 11.5 Å². The van der Waals surface area contributed by atoms with Crippen LogP contribution in [0.5, 0.6) is 11.5 Å². The van der Waals surface area contributed by atoms with Gasteiger partial charge in [0.25, 0.3) is 0 Å². The Morgan fingerprint density at radius 1 is 0.789 bits per heavy atom. The van der Waals surface area contributed by atoms with E-state index in [0.29, 0.717) is 13.2 Å². The van der Waals surface area contributed by atoms with Gasteiger partial charge in [-0.05, 0) is 43.2 Å². The standard InChI is InChI=1S/C17H20O2/c1-14-8-6-11-17(15(14)2)19-13-7-12-18-16-9-4-3-5-10-16/h3-6,8-11H,7,12-13H2,1-2H3. The summed E-state index contributed by atoms with van der Waals surface area (Å²) in [6, 6.07) is 16.0. The lowest BCUT2D eigenvalue weighted by Crippen LogP contribution is -2.05. The highest BCUT2D eigenvalue weighted by atomic mass is 16.5. The van der Waals surface area contributed by atoms with Crippen molar-refractivity contribution < 1.29 is 9.47 Å². The molecule has 0 bridgehead atoms. The highest BCUT2D eigenvalue weighted by Gasteiger charge is 2.01. The quantitative estimate of drug-likeness (QED) is 0.723. The van der Waals surface area contributed by atoms with Crippen LogP contribution in [0.15, 0.2) is 48.5 Å². The molecule has 100 valence electrons. The molecule has 0 amide bonds.